The number of benzene rings is 7. The third-order valence-electron chi connectivity index (χ3n) is 10.4. The summed E-state index contributed by atoms with van der Waals surface area (Å²) < 4.78 is 2.62. The van der Waals surface area contributed by atoms with Crippen LogP contribution in [0.5, 0.6) is 0 Å². The predicted molar refractivity (Wildman–Crippen MR) is 218 cm³/mol. The maximum atomic E-state index is 2.53. The highest BCUT2D eigenvalue weighted by Gasteiger charge is 2.37. The largest absolute Gasteiger partial charge is 0.333 e. The van der Waals surface area contributed by atoms with Crippen LogP contribution in [0, 0.1) is 0 Å². The number of fused-ring (bicyclic) bond motifs is 6. The van der Waals surface area contributed by atoms with E-state index < -0.39 is 0 Å². The van der Waals surface area contributed by atoms with Crippen LogP contribution >= 0.6 is 11.3 Å². The zero-order chi connectivity index (χ0) is 33.7. The van der Waals surface area contributed by atoms with E-state index >= 15 is 0 Å². The van der Waals surface area contributed by atoms with Crippen molar-refractivity contribution < 1.29 is 0 Å². The third kappa shape index (κ3) is 5.09. The molecule has 0 amide bonds. The van der Waals surface area contributed by atoms with Gasteiger partial charge in [-0.15, -0.1) is 11.3 Å². The van der Waals surface area contributed by atoms with E-state index in [1.807, 2.05) is 11.3 Å². The predicted octanol–water partition coefficient (Wildman–Crippen LogP) is 13.6. The van der Waals surface area contributed by atoms with Gasteiger partial charge in [0.1, 0.15) is 0 Å². The van der Waals surface area contributed by atoms with Crippen LogP contribution in [0.25, 0.3) is 42.4 Å². The summed E-state index contributed by atoms with van der Waals surface area (Å²) >= 11 is 1.86. The van der Waals surface area contributed by atoms with E-state index in [0.29, 0.717) is 5.92 Å². The van der Waals surface area contributed by atoms with E-state index in [-0.39, 0.29) is 6.04 Å². The maximum Gasteiger partial charge on any atom is 0.0629 e. The number of thiophene rings is 1. The van der Waals surface area contributed by atoms with E-state index in [1.54, 1.807) is 0 Å². The fraction of sp³-hybridized carbons (Fsp3) is 0.0417. The Morgan fingerprint density at radius 1 is 0.451 bits per heavy atom. The Morgan fingerprint density at radius 2 is 1.06 bits per heavy atom. The molecule has 242 valence electrons. The molecule has 0 saturated carbocycles. The molecule has 10 rings (SSSR count). The molecule has 2 heterocycles. The maximum absolute atomic E-state index is 2.53. The highest BCUT2D eigenvalue weighted by atomic mass is 32.1. The van der Waals surface area contributed by atoms with Gasteiger partial charge in [-0.1, -0.05) is 133 Å². The van der Waals surface area contributed by atoms with Crippen LogP contribution < -0.4 is 9.80 Å². The van der Waals surface area contributed by atoms with Crippen LogP contribution in [-0.4, -0.2) is 6.04 Å². The highest BCUT2D eigenvalue weighted by molar-refractivity contribution is 7.25. The molecule has 1 aliphatic heterocycles. The average Bonchev–Trinajstić information content (AvgIpc) is 3.74. The molecule has 2 atom stereocenters. The van der Waals surface area contributed by atoms with E-state index in [1.165, 1.54) is 59.4 Å². The Morgan fingerprint density at radius 3 is 1.88 bits per heavy atom. The lowest BCUT2D eigenvalue weighted by molar-refractivity contribution is 0.745. The van der Waals surface area contributed by atoms with E-state index in [2.05, 4.69) is 204 Å². The molecule has 7 aromatic carbocycles. The second kappa shape index (κ2) is 12.3. The molecule has 1 aromatic heterocycles. The van der Waals surface area contributed by atoms with E-state index in [0.717, 1.165) is 17.1 Å². The SMILES string of the molecule is C1=CC2c3ccccc3N(c3ccccc3-c3ccc(N(c4ccc(-c5ccccc5)cc4)c4ccc5sc6ccccc6c5c4)cc3)C2C=C1. The van der Waals surface area contributed by atoms with Crippen LogP contribution in [0.2, 0.25) is 0 Å². The van der Waals surface area contributed by atoms with Gasteiger partial charge in [0.05, 0.1) is 6.04 Å². The number of anilines is 5. The van der Waals surface area contributed by atoms with Crippen LogP contribution in [-0.2, 0) is 0 Å². The minimum absolute atomic E-state index is 0.255. The van der Waals surface area contributed by atoms with Crippen molar-refractivity contribution in [1.29, 1.82) is 0 Å². The molecule has 0 spiro atoms. The summed E-state index contributed by atoms with van der Waals surface area (Å²) in [7, 11) is 0. The molecule has 51 heavy (non-hydrogen) atoms. The minimum atomic E-state index is 0.255. The van der Waals surface area contributed by atoms with Crippen molar-refractivity contribution in [1.82, 2.24) is 0 Å². The summed E-state index contributed by atoms with van der Waals surface area (Å²) in [4.78, 5) is 4.92. The monoisotopic (exact) mass is 670 g/mol. The second-order valence-electron chi connectivity index (χ2n) is 13.3. The summed E-state index contributed by atoms with van der Waals surface area (Å²) in [5, 5.41) is 2.60. The number of allylic oxidation sites excluding steroid dienone is 2. The summed E-state index contributed by atoms with van der Waals surface area (Å²) in [5.74, 6) is 0.348. The standard InChI is InChI=1S/C48H34N2S/c1-2-12-33(13-3-1)34-22-26-36(27-23-34)49(38-30-31-48-43(32-38)42-17-7-11-21-47(42)51-48)37-28-24-35(25-29-37)39-14-4-8-18-44(39)50-45-19-9-5-15-40(45)41-16-6-10-20-46(41)50/h1-32,40,45H. The molecule has 0 radical (unpaired) electrons. The first-order valence-electron chi connectivity index (χ1n) is 17.6. The molecular formula is C48H34N2S. The van der Waals surface area contributed by atoms with Gasteiger partial charge >= 0.3 is 0 Å². The molecule has 0 bridgehead atoms. The van der Waals surface area contributed by atoms with Crippen LogP contribution in [0.4, 0.5) is 28.4 Å². The molecule has 1 aliphatic carbocycles. The van der Waals surface area contributed by atoms with Gasteiger partial charge in [-0.3, -0.25) is 0 Å². The van der Waals surface area contributed by atoms with Gasteiger partial charge < -0.3 is 9.80 Å². The molecule has 2 unspecified atom stereocenters. The smallest absolute Gasteiger partial charge is 0.0629 e. The lowest BCUT2D eigenvalue weighted by atomic mass is 9.91. The van der Waals surface area contributed by atoms with E-state index in [9.17, 15) is 0 Å². The summed E-state index contributed by atoms with van der Waals surface area (Å²) in [5.41, 5.74) is 12.1. The topological polar surface area (TPSA) is 6.48 Å². The molecule has 0 N–H and O–H groups in total. The molecule has 2 nitrogen and oxygen atoms in total. The Kier molecular flexibility index (Phi) is 7.18. The van der Waals surface area contributed by atoms with Crippen LogP contribution in [0.3, 0.4) is 0 Å². The van der Waals surface area contributed by atoms with Crippen molar-refractivity contribution in [2.24, 2.45) is 0 Å². The minimum Gasteiger partial charge on any atom is -0.333 e. The average molecular weight is 671 g/mol. The van der Waals surface area contributed by atoms with Gasteiger partial charge in [0.2, 0.25) is 0 Å². The summed E-state index contributed by atoms with van der Waals surface area (Å²) in [6.45, 7) is 0. The number of rotatable bonds is 6. The fourth-order valence-electron chi connectivity index (χ4n) is 8.02. The van der Waals surface area contributed by atoms with Gasteiger partial charge in [-0.2, -0.15) is 0 Å². The fourth-order valence-corrected chi connectivity index (χ4v) is 9.11. The Labute approximate surface area is 302 Å². The first kappa shape index (κ1) is 29.7. The first-order chi connectivity index (χ1) is 25.3. The third-order valence-corrected chi connectivity index (χ3v) is 11.6. The van der Waals surface area contributed by atoms with E-state index in [4.69, 9.17) is 0 Å². The number of hydrogen-bond donors (Lipinski definition) is 0. The Bertz CT molecular complexity index is 2600. The quantitative estimate of drug-likeness (QED) is 0.174. The summed E-state index contributed by atoms with van der Waals surface area (Å²) in [6, 6.07) is 62.3. The zero-order valence-corrected chi connectivity index (χ0v) is 28.7. The van der Waals surface area contributed by atoms with Gasteiger partial charge in [0, 0.05) is 60.1 Å². The molecule has 8 aromatic rings. The van der Waals surface area contributed by atoms with Crippen molar-refractivity contribution in [2.75, 3.05) is 9.80 Å². The van der Waals surface area contributed by atoms with Gasteiger partial charge in [-0.25, -0.2) is 0 Å². The lowest BCUT2D eigenvalue weighted by Gasteiger charge is -2.30. The normalized spacial score (nSPS) is 16.0. The molecule has 3 heteroatoms. The van der Waals surface area contributed by atoms with Crippen molar-refractivity contribution in [3.05, 3.63) is 200 Å². The zero-order valence-electron chi connectivity index (χ0n) is 27.9. The van der Waals surface area contributed by atoms with Gasteiger partial charge in [0.15, 0.2) is 0 Å². The second-order valence-corrected chi connectivity index (χ2v) is 14.4. The molecule has 0 fully saturated rings. The Balaban J connectivity index is 1.07. The highest BCUT2D eigenvalue weighted by Crippen LogP contribution is 2.50. The molecular weight excluding hydrogens is 637 g/mol. The lowest BCUT2D eigenvalue weighted by Crippen LogP contribution is -2.28. The number of nitrogens with zero attached hydrogens (tertiary/aromatic N) is 2. The van der Waals surface area contributed by atoms with Gasteiger partial charge in [-0.05, 0) is 82.9 Å². The van der Waals surface area contributed by atoms with Crippen LogP contribution in [0.1, 0.15) is 11.5 Å². The number of para-hydroxylation sites is 2. The van der Waals surface area contributed by atoms with Crippen molar-refractivity contribution in [2.45, 2.75) is 12.0 Å². The molecule has 0 saturated heterocycles. The first-order valence-corrected chi connectivity index (χ1v) is 18.4. The number of hydrogen-bond acceptors (Lipinski definition) is 3. The van der Waals surface area contributed by atoms with Gasteiger partial charge in [0.25, 0.3) is 0 Å². The van der Waals surface area contributed by atoms with Crippen molar-refractivity contribution >= 4 is 59.9 Å². The Hall–Kier alpha value is -6.16. The molecule has 2 aliphatic rings. The van der Waals surface area contributed by atoms with Crippen molar-refractivity contribution in [3.63, 3.8) is 0 Å². The van der Waals surface area contributed by atoms with Crippen molar-refractivity contribution in [3.8, 4) is 22.3 Å². The van der Waals surface area contributed by atoms with Crippen LogP contribution in [0.15, 0.2) is 194 Å². The summed E-state index contributed by atoms with van der Waals surface area (Å²) in [6.07, 6.45) is 9.07.